The molecule has 1 aliphatic heterocycles. The van der Waals surface area contributed by atoms with Crippen LogP contribution in [-0.4, -0.2) is 45.6 Å². The summed E-state index contributed by atoms with van der Waals surface area (Å²) in [5.41, 5.74) is 0.849. The van der Waals surface area contributed by atoms with Crippen molar-refractivity contribution >= 4 is 5.91 Å². The summed E-state index contributed by atoms with van der Waals surface area (Å²) < 4.78 is 20.1. The van der Waals surface area contributed by atoms with E-state index in [0.29, 0.717) is 36.8 Å². The van der Waals surface area contributed by atoms with Crippen LogP contribution in [0.5, 0.6) is 5.75 Å². The second kappa shape index (κ2) is 8.37. The summed E-state index contributed by atoms with van der Waals surface area (Å²) in [6, 6.07) is 6.16. The zero-order chi connectivity index (χ0) is 21.1. The van der Waals surface area contributed by atoms with Gasteiger partial charge in [0.05, 0.1) is 30.1 Å². The van der Waals surface area contributed by atoms with Gasteiger partial charge in [-0.25, -0.2) is 19.3 Å². The van der Waals surface area contributed by atoms with E-state index in [4.69, 9.17) is 4.74 Å². The van der Waals surface area contributed by atoms with Crippen molar-refractivity contribution in [2.75, 3.05) is 20.2 Å². The smallest absolute Gasteiger partial charge is 0.255 e. The molecular formula is C20H19FN6O3. The van der Waals surface area contributed by atoms with Gasteiger partial charge in [0.1, 0.15) is 23.7 Å². The number of ether oxygens (including phenoxy) is 1. The van der Waals surface area contributed by atoms with E-state index in [2.05, 4.69) is 25.6 Å². The van der Waals surface area contributed by atoms with Gasteiger partial charge < -0.3 is 15.4 Å². The Bertz CT molecular complexity index is 1140. The van der Waals surface area contributed by atoms with E-state index in [1.807, 2.05) is 0 Å². The largest absolute Gasteiger partial charge is 0.496 e. The van der Waals surface area contributed by atoms with Crippen LogP contribution in [0.4, 0.5) is 4.39 Å². The molecule has 1 amide bonds. The lowest BCUT2D eigenvalue weighted by Crippen LogP contribution is -2.37. The molecule has 0 bridgehead atoms. The summed E-state index contributed by atoms with van der Waals surface area (Å²) in [5, 5.41) is 6.07. The minimum Gasteiger partial charge on any atom is -0.496 e. The van der Waals surface area contributed by atoms with Gasteiger partial charge in [0.2, 0.25) is 0 Å². The predicted octanol–water partition coefficient (Wildman–Crippen LogP) is 0.922. The molecular weight excluding hydrogens is 391 g/mol. The third-order valence-electron chi connectivity index (χ3n) is 4.77. The monoisotopic (exact) mass is 410 g/mol. The van der Waals surface area contributed by atoms with Crippen LogP contribution in [0.15, 0.2) is 47.7 Å². The first-order chi connectivity index (χ1) is 14.6. The first-order valence-corrected chi connectivity index (χ1v) is 9.30. The van der Waals surface area contributed by atoms with Crippen LogP contribution >= 0.6 is 0 Å². The molecule has 0 aliphatic carbocycles. The predicted molar refractivity (Wildman–Crippen MR) is 106 cm³/mol. The van der Waals surface area contributed by atoms with Gasteiger partial charge in [0.25, 0.3) is 11.5 Å². The topological polar surface area (TPSA) is 111 Å². The van der Waals surface area contributed by atoms with Crippen molar-refractivity contribution in [1.29, 1.82) is 0 Å². The van der Waals surface area contributed by atoms with Gasteiger partial charge in [0, 0.05) is 38.0 Å². The van der Waals surface area contributed by atoms with Gasteiger partial charge in [-0.3, -0.25) is 14.2 Å². The van der Waals surface area contributed by atoms with Crippen LogP contribution in [0.25, 0.3) is 11.4 Å². The highest BCUT2D eigenvalue weighted by molar-refractivity contribution is 5.97. The van der Waals surface area contributed by atoms with E-state index >= 15 is 0 Å². The number of rotatable bonds is 4. The van der Waals surface area contributed by atoms with Crippen LogP contribution in [0.3, 0.4) is 0 Å². The maximum absolute atomic E-state index is 13.5. The number of carbonyl (C=O) groups excluding carboxylic acids is 1. The number of nitrogens with zero attached hydrogens (tertiary/aromatic N) is 4. The average molecular weight is 410 g/mol. The van der Waals surface area contributed by atoms with Gasteiger partial charge in [-0.05, 0) is 18.2 Å². The van der Waals surface area contributed by atoms with Crippen molar-refractivity contribution in [3.63, 3.8) is 0 Å². The Labute approximate surface area is 171 Å². The number of halogens is 1. The normalized spacial score (nSPS) is 15.7. The number of amides is 1. The number of benzene rings is 1. The van der Waals surface area contributed by atoms with Crippen molar-refractivity contribution < 1.29 is 13.9 Å². The zero-order valence-corrected chi connectivity index (χ0v) is 16.1. The quantitative estimate of drug-likeness (QED) is 0.658. The van der Waals surface area contributed by atoms with Crippen molar-refractivity contribution in [1.82, 2.24) is 30.2 Å². The molecule has 1 unspecified atom stereocenters. The van der Waals surface area contributed by atoms with Gasteiger partial charge in [-0.1, -0.05) is 0 Å². The zero-order valence-electron chi connectivity index (χ0n) is 16.1. The Morgan fingerprint density at radius 2 is 2.17 bits per heavy atom. The molecule has 3 heterocycles. The average Bonchev–Trinajstić information content (AvgIpc) is 2.96. The standard InChI is InChI=1S/C20H19FN6O3/c1-30-17-8-12(21)2-3-13(17)20(29)26-16-10-22-6-7-27-18(28)9-15(25-19(16)27)14-4-5-23-11-24-14/h2-5,8-9,11,16,22H,6-7,10H2,1H3,(H,26,29). The lowest BCUT2D eigenvalue weighted by Gasteiger charge is -2.20. The number of hydrogen-bond donors (Lipinski definition) is 2. The molecule has 0 spiro atoms. The number of methoxy groups -OCH3 is 1. The fourth-order valence-corrected chi connectivity index (χ4v) is 3.32. The Hall–Kier alpha value is -3.66. The molecule has 9 nitrogen and oxygen atoms in total. The van der Waals surface area contributed by atoms with Crippen molar-refractivity contribution in [2.45, 2.75) is 12.6 Å². The minimum absolute atomic E-state index is 0.120. The minimum atomic E-state index is -0.593. The van der Waals surface area contributed by atoms with Crippen molar-refractivity contribution in [3.05, 3.63) is 70.4 Å². The second-order valence-corrected chi connectivity index (χ2v) is 6.66. The summed E-state index contributed by atoms with van der Waals surface area (Å²) in [7, 11) is 1.36. The Morgan fingerprint density at radius 3 is 2.93 bits per heavy atom. The van der Waals surface area contributed by atoms with Crippen LogP contribution in [-0.2, 0) is 6.54 Å². The summed E-state index contributed by atoms with van der Waals surface area (Å²) in [4.78, 5) is 38.3. The van der Waals surface area contributed by atoms with Gasteiger partial charge in [-0.2, -0.15) is 0 Å². The molecule has 2 aromatic heterocycles. The Kier molecular flexibility index (Phi) is 5.48. The summed E-state index contributed by atoms with van der Waals surface area (Å²) in [6.07, 6.45) is 2.94. The molecule has 2 N–H and O–H groups in total. The molecule has 30 heavy (non-hydrogen) atoms. The maximum Gasteiger partial charge on any atom is 0.255 e. The summed E-state index contributed by atoms with van der Waals surface area (Å²) in [6.45, 7) is 1.33. The van der Waals surface area contributed by atoms with Crippen LogP contribution in [0.2, 0.25) is 0 Å². The van der Waals surface area contributed by atoms with Gasteiger partial charge in [-0.15, -0.1) is 0 Å². The molecule has 10 heteroatoms. The number of aromatic nitrogens is 4. The highest BCUT2D eigenvalue weighted by atomic mass is 19.1. The summed E-state index contributed by atoms with van der Waals surface area (Å²) in [5.74, 6) is -0.439. The van der Waals surface area contributed by atoms with Crippen LogP contribution in [0.1, 0.15) is 22.2 Å². The highest BCUT2D eigenvalue weighted by Crippen LogP contribution is 2.22. The molecule has 4 rings (SSSR count). The van der Waals surface area contributed by atoms with E-state index in [9.17, 15) is 14.0 Å². The molecule has 0 saturated carbocycles. The Balaban J connectivity index is 1.71. The lowest BCUT2D eigenvalue weighted by atomic mass is 10.1. The third kappa shape index (κ3) is 3.90. The molecule has 154 valence electrons. The molecule has 0 fully saturated rings. The summed E-state index contributed by atoms with van der Waals surface area (Å²) >= 11 is 0. The van der Waals surface area contributed by atoms with Crippen LogP contribution in [0, 0.1) is 5.82 Å². The first kappa shape index (κ1) is 19.6. The first-order valence-electron chi connectivity index (χ1n) is 9.30. The van der Waals surface area contributed by atoms with E-state index in [-0.39, 0.29) is 16.9 Å². The van der Waals surface area contributed by atoms with Crippen molar-refractivity contribution in [2.24, 2.45) is 0 Å². The third-order valence-corrected chi connectivity index (χ3v) is 4.77. The second-order valence-electron chi connectivity index (χ2n) is 6.66. The SMILES string of the molecule is COc1cc(F)ccc1C(=O)NC1CNCCn2c1nc(-c1ccncn1)cc2=O. The van der Waals surface area contributed by atoms with Crippen molar-refractivity contribution in [3.8, 4) is 17.1 Å². The molecule has 0 radical (unpaired) electrons. The number of carbonyl (C=O) groups is 1. The molecule has 1 aliphatic rings. The van der Waals surface area contributed by atoms with Crippen LogP contribution < -0.4 is 20.9 Å². The molecule has 3 aromatic rings. The van der Waals surface area contributed by atoms with E-state index in [0.717, 1.165) is 6.07 Å². The maximum atomic E-state index is 13.5. The fourth-order valence-electron chi connectivity index (χ4n) is 3.32. The van der Waals surface area contributed by atoms with E-state index in [1.165, 1.54) is 36.2 Å². The van der Waals surface area contributed by atoms with E-state index in [1.54, 1.807) is 12.3 Å². The molecule has 0 saturated heterocycles. The fraction of sp³-hybridized carbons (Fsp3) is 0.250. The number of fused-ring (bicyclic) bond motifs is 1. The molecule has 1 aromatic carbocycles. The Morgan fingerprint density at radius 1 is 1.30 bits per heavy atom. The molecule has 1 atom stereocenters. The van der Waals surface area contributed by atoms with Gasteiger partial charge in [0.15, 0.2) is 0 Å². The lowest BCUT2D eigenvalue weighted by molar-refractivity contribution is 0.0931. The van der Waals surface area contributed by atoms with Gasteiger partial charge >= 0.3 is 0 Å². The number of hydrogen-bond acceptors (Lipinski definition) is 7. The van der Waals surface area contributed by atoms with E-state index < -0.39 is 17.8 Å². The number of nitrogens with one attached hydrogen (secondary N) is 2. The highest BCUT2D eigenvalue weighted by Gasteiger charge is 2.25.